The molecule has 3 aliphatic rings. The summed E-state index contributed by atoms with van der Waals surface area (Å²) < 4.78 is 7.34. The van der Waals surface area contributed by atoms with E-state index in [0.29, 0.717) is 23.6 Å². The lowest BCUT2D eigenvalue weighted by Crippen LogP contribution is -2.59. The molecule has 1 aliphatic heterocycles. The van der Waals surface area contributed by atoms with Crippen LogP contribution in [-0.4, -0.2) is 81.7 Å². The van der Waals surface area contributed by atoms with Gasteiger partial charge in [0.15, 0.2) is 0 Å². The minimum Gasteiger partial charge on any atom is -0.391 e. The third-order valence-corrected chi connectivity index (χ3v) is 7.99. The topological polar surface area (TPSA) is 108 Å². The summed E-state index contributed by atoms with van der Waals surface area (Å²) in [6, 6.07) is 5.29. The van der Waals surface area contributed by atoms with Crippen LogP contribution in [0, 0.1) is 0 Å². The molecule has 0 radical (unpaired) electrons. The van der Waals surface area contributed by atoms with Gasteiger partial charge in [-0.2, -0.15) is 0 Å². The molecule has 0 aromatic carbocycles. The van der Waals surface area contributed by atoms with Crippen molar-refractivity contribution in [2.75, 3.05) is 32.8 Å². The fourth-order valence-electron chi connectivity index (χ4n) is 6.05. The van der Waals surface area contributed by atoms with E-state index in [9.17, 15) is 14.7 Å². The number of pyridine rings is 1. The van der Waals surface area contributed by atoms with E-state index in [1.54, 1.807) is 16.7 Å². The predicted molar refractivity (Wildman–Crippen MR) is 131 cm³/mol. The van der Waals surface area contributed by atoms with Gasteiger partial charge in [0.05, 0.1) is 37.5 Å². The van der Waals surface area contributed by atoms with Gasteiger partial charge in [-0.25, -0.2) is 4.98 Å². The van der Waals surface area contributed by atoms with Gasteiger partial charge in [-0.3, -0.25) is 18.9 Å². The molecule has 2 saturated carbocycles. The Kier molecular flexibility index (Phi) is 7.36. The van der Waals surface area contributed by atoms with Crippen molar-refractivity contribution in [3.05, 3.63) is 35.8 Å². The Balaban J connectivity index is 1.27. The summed E-state index contributed by atoms with van der Waals surface area (Å²) in [5, 5.41) is 16.1. The molecule has 3 fully saturated rings. The number of nitrogens with one attached hydrogen (secondary N) is 2. The number of fused-ring (bicyclic) bond motifs is 1. The van der Waals surface area contributed by atoms with Crippen LogP contribution in [0.25, 0.3) is 5.65 Å². The second-order valence-electron chi connectivity index (χ2n) is 10.3. The van der Waals surface area contributed by atoms with Crippen molar-refractivity contribution < 1.29 is 19.4 Å². The summed E-state index contributed by atoms with van der Waals surface area (Å²) in [7, 11) is 0. The van der Waals surface area contributed by atoms with Crippen molar-refractivity contribution in [1.82, 2.24) is 24.9 Å². The van der Waals surface area contributed by atoms with Crippen molar-refractivity contribution >= 4 is 17.5 Å². The van der Waals surface area contributed by atoms with E-state index in [-0.39, 0.29) is 29.8 Å². The van der Waals surface area contributed by atoms with Gasteiger partial charge >= 0.3 is 0 Å². The van der Waals surface area contributed by atoms with E-state index < -0.39 is 6.10 Å². The van der Waals surface area contributed by atoms with Crippen molar-refractivity contribution in [3.63, 3.8) is 0 Å². The molecule has 2 amide bonds. The molecule has 5 rings (SSSR count). The summed E-state index contributed by atoms with van der Waals surface area (Å²) in [4.78, 5) is 32.9. The molecular weight excluding hydrogens is 446 g/mol. The first-order valence-corrected chi connectivity index (χ1v) is 13.1. The summed E-state index contributed by atoms with van der Waals surface area (Å²) >= 11 is 0. The number of nitrogens with zero attached hydrogens (tertiary/aromatic N) is 3. The number of carbonyl (C=O) groups excluding carboxylic acids is 2. The number of imidazole rings is 1. The summed E-state index contributed by atoms with van der Waals surface area (Å²) in [5.41, 5.74) is 1.75. The monoisotopic (exact) mass is 483 g/mol. The highest BCUT2D eigenvalue weighted by atomic mass is 16.5. The molecule has 0 spiro atoms. The lowest BCUT2D eigenvalue weighted by atomic mass is 9.79. The lowest BCUT2D eigenvalue weighted by molar-refractivity contribution is -0.121. The van der Waals surface area contributed by atoms with Crippen LogP contribution in [0.4, 0.5) is 0 Å². The van der Waals surface area contributed by atoms with E-state index in [4.69, 9.17) is 4.74 Å². The maximum absolute atomic E-state index is 13.3. The number of aliphatic hydroxyl groups is 1. The van der Waals surface area contributed by atoms with Crippen LogP contribution in [0.3, 0.4) is 0 Å². The number of aliphatic hydroxyl groups excluding tert-OH is 1. The van der Waals surface area contributed by atoms with Crippen LogP contribution < -0.4 is 10.6 Å². The van der Waals surface area contributed by atoms with Crippen molar-refractivity contribution in [3.8, 4) is 0 Å². The van der Waals surface area contributed by atoms with Crippen LogP contribution in [0.5, 0.6) is 0 Å². The Hall–Kier alpha value is -2.49. The number of hydrogen-bond donors (Lipinski definition) is 3. The maximum Gasteiger partial charge on any atom is 0.268 e. The number of ether oxygens (including phenoxy) is 1. The molecule has 9 nitrogen and oxygen atoms in total. The van der Waals surface area contributed by atoms with Crippen molar-refractivity contribution in [1.29, 1.82) is 0 Å². The molecule has 9 heteroatoms. The van der Waals surface area contributed by atoms with Gasteiger partial charge in [-0.15, -0.1) is 0 Å². The number of rotatable bonds is 7. The van der Waals surface area contributed by atoms with Gasteiger partial charge in [0.1, 0.15) is 11.3 Å². The molecule has 1 saturated heterocycles. The van der Waals surface area contributed by atoms with E-state index >= 15 is 0 Å². The first kappa shape index (κ1) is 24.2. The van der Waals surface area contributed by atoms with Crippen LogP contribution in [0.1, 0.15) is 67.5 Å². The zero-order chi connectivity index (χ0) is 24.3. The van der Waals surface area contributed by atoms with Crippen molar-refractivity contribution in [2.45, 2.75) is 75.5 Å². The summed E-state index contributed by atoms with van der Waals surface area (Å²) in [6.45, 7) is 3.95. The summed E-state index contributed by atoms with van der Waals surface area (Å²) in [5.74, 6) is -0.286. The maximum atomic E-state index is 13.3. The first-order valence-electron chi connectivity index (χ1n) is 13.1. The third-order valence-electron chi connectivity index (χ3n) is 7.99. The average molecular weight is 484 g/mol. The molecule has 0 unspecified atom stereocenters. The van der Waals surface area contributed by atoms with Gasteiger partial charge in [0.2, 0.25) is 5.91 Å². The predicted octanol–water partition coefficient (Wildman–Crippen LogP) is 1.67. The lowest BCUT2D eigenvalue weighted by Gasteiger charge is -2.48. The molecule has 190 valence electrons. The minimum atomic E-state index is -0.472. The molecule has 2 atom stereocenters. The Morgan fingerprint density at radius 1 is 1.11 bits per heavy atom. The quantitative estimate of drug-likeness (QED) is 0.553. The SMILES string of the molecule is O=C(Cc1cn2c(C(=O)NCC3(N4CCOCC4)CCCCC3)cccc2n1)N[C@@H]1CCC[C@H]1O. The third kappa shape index (κ3) is 5.37. The molecule has 2 aromatic rings. The first-order chi connectivity index (χ1) is 17.0. The number of amides is 2. The van der Waals surface area contributed by atoms with Crippen molar-refractivity contribution in [2.24, 2.45) is 0 Å². The highest BCUT2D eigenvalue weighted by Crippen LogP contribution is 2.34. The van der Waals surface area contributed by atoms with Gasteiger partial charge in [-0.05, 0) is 44.2 Å². The Labute approximate surface area is 206 Å². The Morgan fingerprint density at radius 3 is 2.66 bits per heavy atom. The van der Waals surface area contributed by atoms with Gasteiger partial charge in [-0.1, -0.05) is 25.3 Å². The van der Waals surface area contributed by atoms with Crippen LogP contribution in [0.15, 0.2) is 24.4 Å². The van der Waals surface area contributed by atoms with E-state index in [1.165, 1.54) is 19.3 Å². The van der Waals surface area contributed by atoms with Crippen LogP contribution in [0.2, 0.25) is 0 Å². The second kappa shape index (κ2) is 10.6. The number of morpholine rings is 1. The largest absolute Gasteiger partial charge is 0.391 e. The standard InChI is InChI=1S/C26H37N5O4/c32-22-8-4-6-20(22)29-24(33)16-19-17-31-21(7-5-9-23(31)28-19)25(34)27-18-26(10-2-1-3-11-26)30-12-14-35-15-13-30/h5,7,9,17,20,22,32H,1-4,6,8,10-16,18H2,(H,27,34)(H,29,33)/t20-,22-/m1/s1. The zero-order valence-corrected chi connectivity index (χ0v) is 20.4. The van der Waals surface area contributed by atoms with Gasteiger partial charge < -0.3 is 20.5 Å². The molecule has 3 N–H and O–H groups in total. The Morgan fingerprint density at radius 2 is 1.91 bits per heavy atom. The fourth-order valence-corrected chi connectivity index (χ4v) is 6.05. The normalized spacial score (nSPS) is 24.9. The molecule has 2 aliphatic carbocycles. The molecular formula is C26H37N5O4. The molecule has 2 aromatic heterocycles. The van der Waals surface area contributed by atoms with Gasteiger partial charge in [0.25, 0.3) is 5.91 Å². The number of aromatic nitrogens is 2. The average Bonchev–Trinajstić information content (AvgIpc) is 3.48. The highest BCUT2D eigenvalue weighted by Gasteiger charge is 2.39. The van der Waals surface area contributed by atoms with E-state index in [2.05, 4.69) is 20.5 Å². The smallest absolute Gasteiger partial charge is 0.268 e. The number of hydrogen-bond acceptors (Lipinski definition) is 6. The van der Waals surface area contributed by atoms with Crippen LogP contribution >= 0.6 is 0 Å². The Bertz CT molecular complexity index is 1040. The summed E-state index contributed by atoms with van der Waals surface area (Å²) in [6.07, 6.45) is 9.69. The molecule has 35 heavy (non-hydrogen) atoms. The highest BCUT2D eigenvalue weighted by molar-refractivity contribution is 5.93. The van der Waals surface area contributed by atoms with E-state index in [0.717, 1.165) is 58.4 Å². The molecule has 0 bridgehead atoms. The number of carbonyl (C=O) groups is 2. The second-order valence-corrected chi connectivity index (χ2v) is 10.3. The fraction of sp³-hybridized carbons (Fsp3) is 0.654. The van der Waals surface area contributed by atoms with E-state index in [1.807, 2.05) is 12.1 Å². The molecule has 3 heterocycles. The van der Waals surface area contributed by atoms with Gasteiger partial charge in [0, 0.05) is 31.4 Å². The van der Waals surface area contributed by atoms with Crippen LogP contribution in [-0.2, 0) is 16.0 Å². The zero-order valence-electron chi connectivity index (χ0n) is 20.4. The minimum absolute atomic E-state index is 0.00538.